The molecule has 0 spiro atoms. The van der Waals surface area contributed by atoms with Crippen LogP contribution in [0.1, 0.15) is 31.0 Å². The summed E-state index contributed by atoms with van der Waals surface area (Å²) in [6.45, 7) is 6.34. The summed E-state index contributed by atoms with van der Waals surface area (Å²) in [7, 11) is 0. The molecule has 0 radical (unpaired) electrons. The molecule has 2 rings (SSSR count). The van der Waals surface area contributed by atoms with Crippen LogP contribution in [0.4, 0.5) is 10.1 Å². The highest BCUT2D eigenvalue weighted by molar-refractivity contribution is 9.10. The summed E-state index contributed by atoms with van der Waals surface area (Å²) in [5.41, 5.74) is 2.76. The highest BCUT2D eigenvalue weighted by Crippen LogP contribution is 2.25. The highest BCUT2D eigenvalue weighted by atomic mass is 79.9. The van der Waals surface area contributed by atoms with Crippen molar-refractivity contribution in [3.05, 3.63) is 63.9 Å². The molecule has 5 heteroatoms. The number of anilines is 1. The van der Waals surface area contributed by atoms with E-state index in [9.17, 15) is 4.39 Å². The number of thiocarbonyl (C=S) groups is 1. The van der Waals surface area contributed by atoms with Crippen molar-refractivity contribution >= 4 is 38.9 Å². The maximum atomic E-state index is 13.9. The normalized spacial score (nSPS) is 12.1. The van der Waals surface area contributed by atoms with E-state index in [2.05, 4.69) is 59.5 Å². The molecule has 0 heterocycles. The summed E-state index contributed by atoms with van der Waals surface area (Å²) in [5.74, 6) is -0.00821. The molecule has 122 valence electrons. The van der Waals surface area contributed by atoms with Gasteiger partial charge in [0.1, 0.15) is 5.82 Å². The van der Waals surface area contributed by atoms with Gasteiger partial charge in [-0.05, 0) is 54.4 Å². The number of rotatable bonds is 4. The second-order valence-electron chi connectivity index (χ2n) is 5.80. The van der Waals surface area contributed by atoms with Gasteiger partial charge in [-0.15, -0.1) is 0 Å². The molecule has 2 aromatic rings. The van der Waals surface area contributed by atoms with E-state index in [0.29, 0.717) is 21.2 Å². The highest BCUT2D eigenvalue weighted by Gasteiger charge is 2.18. The molecular weight excluding hydrogens is 375 g/mol. The number of hydrogen-bond donors (Lipinski definition) is 2. The first kappa shape index (κ1) is 17.9. The second-order valence-corrected chi connectivity index (χ2v) is 7.12. The van der Waals surface area contributed by atoms with E-state index >= 15 is 0 Å². The third kappa shape index (κ3) is 4.75. The Morgan fingerprint density at radius 1 is 1.17 bits per heavy atom. The van der Waals surface area contributed by atoms with Gasteiger partial charge in [-0.1, -0.05) is 54.0 Å². The van der Waals surface area contributed by atoms with Crippen LogP contribution in [-0.2, 0) is 0 Å². The number of halogens is 2. The molecule has 0 unspecified atom stereocenters. The van der Waals surface area contributed by atoms with Crippen LogP contribution < -0.4 is 10.6 Å². The van der Waals surface area contributed by atoms with Crippen molar-refractivity contribution in [1.82, 2.24) is 5.32 Å². The van der Waals surface area contributed by atoms with Gasteiger partial charge in [-0.3, -0.25) is 0 Å². The van der Waals surface area contributed by atoms with E-state index in [-0.39, 0.29) is 11.9 Å². The standard InChI is InChI=1S/C18H20BrFN2S/c1-11(2)17(14-7-5-4-6-12(14)3)22-18(23)21-16-9-8-13(19)10-15(16)20/h4-11,17H,1-3H3,(H2,21,22,23)/t17-/m1/s1. The van der Waals surface area contributed by atoms with Crippen molar-refractivity contribution in [2.24, 2.45) is 5.92 Å². The van der Waals surface area contributed by atoms with Gasteiger partial charge < -0.3 is 10.6 Å². The minimum absolute atomic E-state index is 0.0645. The van der Waals surface area contributed by atoms with Crippen LogP contribution >= 0.6 is 28.1 Å². The molecule has 2 nitrogen and oxygen atoms in total. The zero-order valence-corrected chi connectivity index (χ0v) is 15.8. The Morgan fingerprint density at radius 3 is 2.48 bits per heavy atom. The molecular formula is C18H20BrFN2S. The lowest BCUT2D eigenvalue weighted by atomic mass is 9.93. The summed E-state index contributed by atoms with van der Waals surface area (Å²) < 4.78 is 14.6. The van der Waals surface area contributed by atoms with Gasteiger partial charge in [0.15, 0.2) is 5.11 Å². The van der Waals surface area contributed by atoms with E-state index in [1.165, 1.54) is 17.2 Å². The van der Waals surface area contributed by atoms with Crippen LogP contribution in [0, 0.1) is 18.7 Å². The van der Waals surface area contributed by atoms with Crippen molar-refractivity contribution in [3.63, 3.8) is 0 Å². The van der Waals surface area contributed by atoms with E-state index in [4.69, 9.17) is 12.2 Å². The van der Waals surface area contributed by atoms with Crippen molar-refractivity contribution in [2.75, 3.05) is 5.32 Å². The zero-order valence-electron chi connectivity index (χ0n) is 13.4. The Bertz CT molecular complexity index is 703. The first-order valence-corrected chi connectivity index (χ1v) is 8.66. The maximum absolute atomic E-state index is 13.9. The predicted molar refractivity (Wildman–Crippen MR) is 102 cm³/mol. The van der Waals surface area contributed by atoms with Crippen molar-refractivity contribution < 1.29 is 4.39 Å². The maximum Gasteiger partial charge on any atom is 0.171 e. The third-order valence-corrected chi connectivity index (χ3v) is 4.37. The van der Waals surface area contributed by atoms with Crippen molar-refractivity contribution in [1.29, 1.82) is 0 Å². The van der Waals surface area contributed by atoms with Crippen molar-refractivity contribution in [2.45, 2.75) is 26.8 Å². The monoisotopic (exact) mass is 394 g/mol. The molecule has 0 saturated carbocycles. The molecule has 1 atom stereocenters. The fraction of sp³-hybridized carbons (Fsp3) is 0.278. The second kappa shape index (κ2) is 7.88. The van der Waals surface area contributed by atoms with E-state index in [1.807, 2.05) is 12.1 Å². The van der Waals surface area contributed by atoms with E-state index < -0.39 is 0 Å². The van der Waals surface area contributed by atoms with E-state index in [1.54, 1.807) is 12.1 Å². The van der Waals surface area contributed by atoms with Crippen LogP contribution in [0.3, 0.4) is 0 Å². The molecule has 0 saturated heterocycles. The van der Waals surface area contributed by atoms with E-state index in [0.717, 1.165) is 0 Å². The minimum Gasteiger partial charge on any atom is -0.355 e. The summed E-state index contributed by atoms with van der Waals surface area (Å²) in [6, 6.07) is 13.1. The van der Waals surface area contributed by atoms with Gasteiger partial charge in [-0.2, -0.15) is 0 Å². The summed E-state index contributed by atoms with van der Waals surface area (Å²) in [5, 5.41) is 6.65. The summed E-state index contributed by atoms with van der Waals surface area (Å²) in [4.78, 5) is 0. The molecule has 0 bridgehead atoms. The Kier molecular flexibility index (Phi) is 6.13. The lowest BCUT2D eigenvalue weighted by Gasteiger charge is -2.26. The zero-order chi connectivity index (χ0) is 17.0. The topological polar surface area (TPSA) is 24.1 Å². The molecule has 0 aromatic heterocycles. The average Bonchev–Trinajstić information content (AvgIpc) is 2.48. The van der Waals surface area contributed by atoms with Gasteiger partial charge in [0, 0.05) is 4.47 Å². The first-order valence-electron chi connectivity index (χ1n) is 7.46. The molecule has 2 N–H and O–H groups in total. The smallest absolute Gasteiger partial charge is 0.171 e. The lowest BCUT2D eigenvalue weighted by Crippen LogP contribution is -2.35. The molecule has 0 fully saturated rings. The predicted octanol–water partition coefficient (Wildman–Crippen LogP) is 5.58. The Morgan fingerprint density at radius 2 is 1.87 bits per heavy atom. The lowest BCUT2D eigenvalue weighted by molar-refractivity contribution is 0.471. The largest absolute Gasteiger partial charge is 0.355 e. The van der Waals surface area contributed by atoms with Crippen LogP contribution in [0.15, 0.2) is 46.9 Å². The van der Waals surface area contributed by atoms with Gasteiger partial charge in [0.25, 0.3) is 0 Å². The van der Waals surface area contributed by atoms with Gasteiger partial charge in [-0.25, -0.2) is 4.39 Å². The Hall–Kier alpha value is -1.46. The molecule has 0 aliphatic carbocycles. The van der Waals surface area contributed by atoms with Crippen LogP contribution in [0.25, 0.3) is 0 Å². The fourth-order valence-electron chi connectivity index (χ4n) is 2.43. The van der Waals surface area contributed by atoms with Gasteiger partial charge in [0.05, 0.1) is 11.7 Å². The summed E-state index contributed by atoms with van der Waals surface area (Å²) in [6.07, 6.45) is 0. The summed E-state index contributed by atoms with van der Waals surface area (Å²) >= 11 is 8.61. The molecule has 2 aromatic carbocycles. The van der Waals surface area contributed by atoms with Gasteiger partial charge in [0.2, 0.25) is 0 Å². The molecule has 0 aliphatic rings. The molecule has 23 heavy (non-hydrogen) atoms. The van der Waals surface area contributed by atoms with Crippen LogP contribution in [0.5, 0.6) is 0 Å². The SMILES string of the molecule is Cc1ccccc1[C@H](NC(=S)Nc1ccc(Br)cc1F)C(C)C. The molecule has 0 aliphatic heterocycles. The quantitative estimate of drug-likeness (QED) is 0.661. The number of aryl methyl sites for hydroxylation is 1. The van der Waals surface area contributed by atoms with Crippen molar-refractivity contribution in [3.8, 4) is 0 Å². The Labute approximate surface area is 150 Å². The minimum atomic E-state index is -0.347. The van der Waals surface area contributed by atoms with Crippen LogP contribution in [-0.4, -0.2) is 5.11 Å². The number of hydrogen-bond acceptors (Lipinski definition) is 1. The fourth-order valence-corrected chi connectivity index (χ4v) is 3.00. The van der Waals surface area contributed by atoms with Gasteiger partial charge >= 0.3 is 0 Å². The number of benzene rings is 2. The molecule has 0 amide bonds. The number of nitrogens with one attached hydrogen (secondary N) is 2. The average molecular weight is 395 g/mol. The Balaban J connectivity index is 2.14. The third-order valence-electron chi connectivity index (χ3n) is 3.66. The first-order chi connectivity index (χ1) is 10.9. The van der Waals surface area contributed by atoms with Crippen LogP contribution in [0.2, 0.25) is 0 Å².